The van der Waals surface area contributed by atoms with Gasteiger partial charge in [-0.2, -0.15) is 0 Å². The number of hydrogen-bond donors (Lipinski definition) is 1. The number of carbonyl (C=O) groups excluding carboxylic acids is 1. The molecule has 6 heteroatoms. The maximum atomic E-state index is 11.8. The van der Waals surface area contributed by atoms with Crippen molar-refractivity contribution in [2.24, 2.45) is 0 Å². The van der Waals surface area contributed by atoms with Crippen molar-refractivity contribution in [1.82, 2.24) is 5.32 Å². The first-order chi connectivity index (χ1) is 7.76. The molecule has 1 saturated carbocycles. The van der Waals surface area contributed by atoms with Crippen LogP contribution in [0.3, 0.4) is 0 Å². The SMILES string of the molecule is CC(C)(C)OC(=O)N[C@H]1C[C@@H](OCC(F)F)C1. The Bertz CT molecular complexity index is 260. The Hall–Kier alpha value is -0.910. The van der Waals surface area contributed by atoms with Gasteiger partial charge in [-0.3, -0.25) is 0 Å². The van der Waals surface area contributed by atoms with Crippen LogP contribution < -0.4 is 5.32 Å². The van der Waals surface area contributed by atoms with Gasteiger partial charge in [0.15, 0.2) is 0 Å². The monoisotopic (exact) mass is 251 g/mol. The number of alkyl halides is 2. The summed E-state index contributed by atoms with van der Waals surface area (Å²) in [6.45, 7) is 4.80. The molecule has 1 amide bonds. The molecule has 4 nitrogen and oxygen atoms in total. The summed E-state index contributed by atoms with van der Waals surface area (Å²) in [5.74, 6) is 0. The van der Waals surface area contributed by atoms with Crippen LogP contribution in [0.5, 0.6) is 0 Å². The molecular weight excluding hydrogens is 232 g/mol. The van der Waals surface area contributed by atoms with Crippen molar-refractivity contribution in [2.75, 3.05) is 6.61 Å². The highest BCUT2D eigenvalue weighted by Gasteiger charge is 2.32. The van der Waals surface area contributed by atoms with Gasteiger partial charge in [0.1, 0.15) is 12.2 Å². The molecule has 100 valence electrons. The molecule has 0 aliphatic heterocycles. The van der Waals surface area contributed by atoms with E-state index >= 15 is 0 Å². The number of ether oxygens (including phenoxy) is 2. The van der Waals surface area contributed by atoms with Crippen molar-refractivity contribution in [2.45, 2.75) is 57.8 Å². The van der Waals surface area contributed by atoms with Gasteiger partial charge < -0.3 is 14.8 Å². The molecule has 0 atom stereocenters. The van der Waals surface area contributed by atoms with Crippen LogP contribution in [0.15, 0.2) is 0 Å². The van der Waals surface area contributed by atoms with Gasteiger partial charge in [-0.15, -0.1) is 0 Å². The molecule has 0 aromatic heterocycles. The van der Waals surface area contributed by atoms with Gasteiger partial charge in [0, 0.05) is 6.04 Å². The van der Waals surface area contributed by atoms with E-state index in [0.717, 1.165) is 0 Å². The van der Waals surface area contributed by atoms with Gasteiger partial charge >= 0.3 is 6.09 Å². The lowest BCUT2D eigenvalue weighted by molar-refractivity contribution is -0.0645. The van der Waals surface area contributed by atoms with Crippen LogP contribution in [0.4, 0.5) is 13.6 Å². The minimum atomic E-state index is -2.44. The fourth-order valence-electron chi connectivity index (χ4n) is 1.50. The van der Waals surface area contributed by atoms with E-state index in [4.69, 9.17) is 9.47 Å². The third kappa shape index (κ3) is 5.81. The molecule has 0 saturated heterocycles. The summed E-state index contributed by atoms with van der Waals surface area (Å²) < 4.78 is 33.6. The van der Waals surface area contributed by atoms with E-state index in [1.807, 2.05) is 0 Å². The predicted octanol–water partition coefficient (Wildman–Crippen LogP) is 2.32. The van der Waals surface area contributed by atoms with E-state index in [1.165, 1.54) is 0 Å². The first kappa shape index (κ1) is 14.2. The van der Waals surface area contributed by atoms with E-state index in [9.17, 15) is 13.6 Å². The van der Waals surface area contributed by atoms with Gasteiger partial charge in [0.05, 0.1) is 6.10 Å². The zero-order valence-electron chi connectivity index (χ0n) is 10.3. The molecule has 0 unspecified atom stereocenters. The lowest BCUT2D eigenvalue weighted by atomic mass is 9.89. The number of alkyl carbamates (subject to hydrolysis) is 1. The highest BCUT2D eigenvalue weighted by atomic mass is 19.3. The average Bonchev–Trinajstić information content (AvgIpc) is 2.04. The second kappa shape index (κ2) is 5.62. The molecule has 0 radical (unpaired) electrons. The lowest BCUT2D eigenvalue weighted by Crippen LogP contribution is -2.49. The van der Waals surface area contributed by atoms with Crippen LogP contribution in [0.25, 0.3) is 0 Å². The van der Waals surface area contributed by atoms with E-state index in [2.05, 4.69) is 5.32 Å². The standard InChI is InChI=1S/C11H19F2NO3/c1-11(2,3)17-10(15)14-7-4-8(5-7)16-6-9(12)13/h7-9H,4-6H2,1-3H3,(H,14,15)/t7-,8+. The molecule has 0 aromatic carbocycles. The number of amides is 1. The molecular formula is C11H19F2NO3. The zero-order valence-corrected chi connectivity index (χ0v) is 10.3. The Morgan fingerprint density at radius 2 is 2.00 bits per heavy atom. The predicted molar refractivity (Wildman–Crippen MR) is 58.1 cm³/mol. The fourth-order valence-corrected chi connectivity index (χ4v) is 1.50. The van der Waals surface area contributed by atoms with Gasteiger partial charge in [-0.05, 0) is 33.6 Å². The van der Waals surface area contributed by atoms with E-state index < -0.39 is 24.7 Å². The van der Waals surface area contributed by atoms with E-state index in [0.29, 0.717) is 12.8 Å². The molecule has 0 aromatic rings. The van der Waals surface area contributed by atoms with Crippen molar-refractivity contribution in [3.63, 3.8) is 0 Å². The maximum Gasteiger partial charge on any atom is 0.407 e. The number of nitrogens with one attached hydrogen (secondary N) is 1. The number of halogens is 2. The Balaban J connectivity index is 2.11. The third-order valence-electron chi connectivity index (χ3n) is 2.27. The Kier molecular flexibility index (Phi) is 4.68. The van der Waals surface area contributed by atoms with E-state index in [-0.39, 0.29) is 12.1 Å². The quantitative estimate of drug-likeness (QED) is 0.834. The topological polar surface area (TPSA) is 47.6 Å². The Morgan fingerprint density at radius 1 is 1.41 bits per heavy atom. The first-order valence-corrected chi connectivity index (χ1v) is 5.65. The molecule has 17 heavy (non-hydrogen) atoms. The smallest absolute Gasteiger partial charge is 0.407 e. The first-order valence-electron chi connectivity index (χ1n) is 5.65. The van der Waals surface area contributed by atoms with Crippen molar-refractivity contribution in [3.8, 4) is 0 Å². The van der Waals surface area contributed by atoms with Gasteiger partial charge in [-0.1, -0.05) is 0 Å². The van der Waals surface area contributed by atoms with Crippen molar-refractivity contribution in [3.05, 3.63) is 0 Å². The van der Waals surface area contributed by atoms with Gasteiger partial charge in [-0.25, -0.2) is 13.6 Å². The number of hydrogen-bond acceptors (Lipinski definition) is 3. The summed E-state index contributed by atoms with van der Waals surface area (Å²) in [6, 6.07) is -0.0347. The van der Waals surface area contributed by atoms with Crippen LogP contribution in [-0.2, 0) is 9.47 Å². The summed E-state index contributed by atoms with van der Waals surface area (Å²) in [5.41, 5.74) is -0.528. The molecule has 0 spiro atoms. The van der Waals surface area contributed by atoms with Gasteiger partial charge in [0.2, 0.25) is 0 Å². The van der Waals surface area contributed by atoms with Crippen LogP contribution in [0.2, 0.25) is 0 Å². The molecule has 1 rings (SSSR count). The molecule has 0 bridgehead atoms. The second-order valence-corrected chi connectivity index (χ2v) is 5.16. The molecule has 1 aliphatic rings. The van der Waals surface area contributed by atoms with Gasteiger partial charge in [0.25, 0.3) is 6.43 Å². The lowest BCUT2D eigenvalue weighted by Gasteiger charge is -2.35. The molecule has 1 aliphatic carbocycles. The highest BCUT2D eigenvalue weighted by Crippen LogP contribution is 2.24. The summed E-state index contributed by atoms with van der Waals surface area (Å²) in [5, 5.41) is 2.66. The maximum absolute atomic E-state index is 11.8. The highest BCUT2D eigenvalue weighted by molar-refractivity contribution is 5.68. The number of rotatable bonds is 4. The number of carbonyl (C=O) groups is 1. The molecule has 1 fully saturated rings. The molecule has 1 N–H and O–H groups in total. The van der Waals surface area contributed by atoms with Crippen molar-refractivity contribution >= 4 is 6.09 Å². The normalized spacial score (nSPS) is 24.4. The average molecular weight is 251 g/mol. The third-order valence-corrected chi connectivity index (χ3v) is 2.27. The van der Waals surface area contributed by atoms with E-state index in [1.54, 1.807) is 20.8 Å². The van der Waals surface area contributed by atoms with Crippen molar-refractivity contribution < 1.29 is 23.0 Å². The molecule has 0 heterocycles. The fraction of sp³-hybridized carbons (Fsp3) is 0.909. The zero-order chi connectivity index (χ0) is 13.1. The van der Waals surface area contributed by atoms with Crippen molar-refractivity contribution in [1.29, 1.82) is 0 Å². The minimum absolute atomic E-state index is 0.0347. The van der Waals surface area contributed by atoms with Crippen LogP contribution in [0, 0.1) is 0 Å². The minimum Gasteiger partial charge on any atom is -0.444 e. The van der Waals surface area contributed by atoms with Crippen LogP contribution in [0.1, 0.15) is 33.6 Å². The summed E-state index contributed by atoms with van der Waals surface area (Å²) >= 11 is 0. The van der Waals surface area contributed by atoms with Crippen LogP contribution >= 0.6 is 0 Å². The summed E-state index contributed by atoms with van der Waals surface area (Å²) in [4.78, 5) is 11.3. The Labute approximate surface area is 99.7 Å². The Morgan fingerprint density at radius 3 is 2.47 bits per heavy atom. The summed E-state index contributed by atoms with van der Waals surface area (Å²) in [7, 11) is 0. The largest absolute Gasteiger partial charge is 0.444 e. The van der Waals surface area contributed by atoms with Crippen LogP contribution in [-0.4, -0.2) is 36.9 Å². The second-order valence-electron chi connectivity index (χ2n) is 5.16. The summed E-state index contributed by atoms with van der Waals surface area (Å²) in [6.07, 6.45) is -1.97.